The Balaban J connectivity index is -0.000000473. The molecule has 0 amide bonds. The number of nitrogens with two attached hydrogens (primary N) is 8. The number of nitrogens with one attached hydrogen (secondary N) is 1. The smallest absolute Gasteiger partial charge is 0.320 e. The molecule has 0 aliphatic carbocycles. The van der Waals surface area contributed by atoms with Gasteiger partial charge in [-0.3, -0.25) is 29.2 Å². The highest BCUT2D eigenvalue weighted by molar-refractivity contribution is 5.76. The number of H-pyrrole nitrogens is 1. The van der Waals surface area contributed by atoms with Gasteiger partial charge in [-0.2, -0.15) is 0 Å². The standard InChI is InChI=1S/2C6H14N4O2.C6H9N3O2.C2H5NO2/c2*7-4(5(11)12)2-1-3-10-6(8)9;7-5(6(10)11)1-4-2-8-3-9-4;3-1-2(4)5/h2*4H,1-3,7H2,(H,11,12)(H4,8,9,10);2-3,5H,1,7H2,(H,8,9)(H,10,11);1,3H2,(H,4,5)/t2*4-;5-;/m000./s1. The molecule has 21 N–H and O–H groups in total. The number of guanidine groups is 2. The monoisotopic (exact) mass is 578 g/mol. The van der Waals surface area contributed by atoms with Crippen LogP contribution in [0.25, 0.3) is 0 Å². The Morgan fingerprint density at radius 1 is 0.775 bits per heavy atom. The molecule has 20 nitrogen and oxygen atoms in total. The fourth-order valence-electron chi connectivity index (χ4n) is 2.01. The number of carboxylic acid groups (broad SMARTS) is 4. The van der Waals surface area contributed by atoms with E-state index in [4.69, 9.17) is 60.6 Å². The normalized spacial score (nSPS) is 11.7. The van der Waals surface area contributed by atoms with Gasteiger partial charge in [-0.15, -0.1) is 0 Å². The number of carboxylic acids is 4. The van der Waals surface area contributed by atoms with Crippen LogP contribution < -0.4 is 45.9 Å². The second-order valence-electron chi connectivity index (χ2n) is 7.61. The van der Waals surface area contributed by atoms with Crippen LogP contribution in [-0.4, -0.2) is 104 Å². The number of rotatable bonds is 14. The lowest BCUT2D eigenvalue weighted by Gasteiger charge is -2.03. The van der Waals surface area contributed by atoms with Crippen LogP contribution in [-0.2, 0) is 25.6 Å². The molecule has 1 aromatic rings. The second kappa shape index (κ2) is 24.8. The van der Waals surface area contributed by atoms with Crippen LogP contribution in [0, 0.1) is 0 Å². The molecule has 0 unspecified atom stereocenters. The lowest BCUT2D eigenvalue weighted by molar-refractivity contribution is -0.139. The van der Waals surface area contributed by atoms with Crippen molar-refractivity contribution in [2.75, 3.05) is 19.6 Å². The van der Waals surface area contributed by atoms with Crippen LogP contribution in [0.4, 0.5) is 0 Å². The van der Waals surface area contributed by atoms with E-state index in [1.807, 2.05) is 0 Å². The van der Waals surface area contributed by atoms with E-state index in [0.29, 0.717) is 38.8 Å². The minimum absolute atomic E-state index is 0.0129. The number of hydrogen-bond acceptors (Lipinski definition) is 11. The van der Waals surface area contributed by atoms with E-state index in [9.17, 15) is 19.2 Å². The molecule has 0 aromatic carbocycles. The molecule has 230 valence electrons. The Kier molecular flexibility index (Phi) is 24.8. The maximum atomic E-state index is 10.3. The molecule has 0 saturated heterocycles. The Morgan fingerprint density at radius 2 is 1.15 bits per heavy atom. The number of nitrogens with zero attached hydrogens (tertiary/aromatic N) is 3. The summed E-state index contributed by atoms with van der Waals surface area (Å²) in [7, 11) is 0. The van der Waals surface area contributed by atoms with Crippen molar-refractivity contribution < 1.29 is 39.6 Å². The van der Waals surface area contributed by atoms with Gasteiger partial charge in [0.25, 0.3) is 0 Å². The third-order valence-corrected chi connectivity index (χ3v) is 4.06. The van der Waals surface area contributed by atoms with E-state index in [-0.39, 0.29) is 24.9 Å². The largest absolute Gasteiger partial charge is 0.480 e. The fourth-order valence-corrected chi connectivity index (χ4v) is 2.01. The molecule has 1 rings (SSSR count). The summed E-state index contributed by atoms with van der Waals surface area (Å²) in [6.07, 6.45) is 5.25. The summed E-state index contributed by atoms with van der Waals surface area (Å²) in [6.45, 7) is 0.562. The van der Waals surface area contributed by atoms with Crippen LogP contribution in [0.2, 0.25) is 0 Å². The number of aliphatic imine (C=N–C) groups is 2. The van der Waals surface area contributed by atoms with Crippen molar-refractivity contribution in [2.24, 2.45) is 55.9 Å². The molecule has 0 aliphatic heterocycles. The topological polar surface area (TPSA) is 411 Å². The number of aliphatic carboxylic acids is 4. The maximum Gasteiger partial charge on any atom is 0.320 e. The van der Waals surface area contributed by atoms with Crippen LogP contribution in [0.3, 0.4) is 0 Å². The zero-order chi connectivity index (χ0) is 31.7. The quantitative estimate of drug-likeness (QED) is 0.0559. The molecule has 20 heteroatoms. The molecule has 0 saturated carbocycles. The summed E-state index contributed by atoms with van der Waals surface area (Å²) >= 11 is 0. The van der Waals surface area contributed by atoms with Crippen molar-refractivity contribution in [1.29, 1.82) is 0 Å². The Hall–Kier alpha value is -4.53. The average molecular weight is 579 g/mol. The van der Waals surface area contributed by atoms with Gasteiger partial charge in [0.05, 0.1) is 12.9 Å². The summed E-state index contributed by atoms with van der Waals surface area (Å²) in [4.78, 5) is 53.8. The van der Waals surface area contributed by atoms with Crippen LogP contribution in [0.5, 0.6) is 0 Å². The van der Waals surface area contributed by atoms with Gasteiger partial charge in [0.1, 0.15) is 18.1 Å². The molecule has 1 heterocycles. The lowest BCUT2D eigenvalue weighted by Crippen LogP contribution is -2.32. The first-order valence-corrected chi connectivity index (χ1v) is 11.5. The molecule has 0 aliphatic rings. The van der Waals surface area contributed by atoms with Gasteiger partial charge in [0.2, 0.25) is 0 Å². The predicted octanol–water partition coefficient (Wildman–Crippen LogP) is -4.70. The zero-order valence-electron chi connectivity index (χ0n) is 21.9. The van der Waals surface area contributed by atoms with E-state index in [2.05, 4.69) is 25.7 Å². The van der Waals surface area contributed by atoms with E-state index in [0.717, 1.165) is 5.69 Å². The van der Waals surface area contributed by atoms with E-state index in [1.165, 1.54) is 6.33 Å². The van der Waals surface area contributed by atoms with Crippen molar-refractivity contribution >= 4 is 35.8 Å². The molecule has 0 spiro atoms. The van der Waals surface area contributed by atoms with Crippen molar-refractivity contribution in [3.63, 3.8) is 0 Å². The first-order valence-electron chi connectivity index (χ1n) is 11.5. The van der Waals surface area contributed by atoms with E-state index >= 15 is 0 Å². The van der Waals surface area contributed by atoms with Gasteiger partial charge in [-0.25, -0.2) is 4.98 Å². The average Bonchev–Trinajstić information content (AvgIpc) is 3.38. The number of carbonyl (C=O) groups is 4. The van der Waals surface area contributed by atoms with Gasteiger partial charge < -0.3 is 71.3 Å². The Bertz CT molecular complexity index is 863. The van der Waals surface area contributed by atoms with Crippen LogP contribution in [0.1, 0.15) is 31.4 Å². The zero-order valence-corrected chi connectivity index (χ0v) is 21.9. The number of imidazole rings is 1. The molecular formula is C20H42N12O8. The third-order valence-electron chi connectivity index (χ3n) is 4.06. The third kappa shape index (κ3) is 29.7. The number of hydrogen-bond donors (Lipinski definition) is 13. The fraction of sp³-hybridized carbons (Fsp3) is 0.550. The Labute approximate surface area is 229 Å². The summed E-state index contributed by atoms with van der Waals surface area (Å²) < 4.78 is 0. The first-order chi connectivity index (χ1) is 18.5. The van der Waals surface area contributed by atoms with E-state index < -0.39 is 42.0 Å². The molecule has 1 aromatic heterocycles. The molecule has 40 heavy (non-hydrogen) atoms. The molecule has 0 radical (unpaired) electrons. The van der Waals surface area contributed by atoms with Crippen LogP contribution >= 0.6 is 0 Å². The summed E-state index contributed by atoms with van der Waals surface area (Å²) in [5, 5.41) is 32.8. The summed E-state index contributed by atoms with van der Waals surface area (Å²) in [5.41, 5.74) is 41.2. The van der Waals surface area contributed by atoms with Crippen molar-refractivity contribution in [1.82, 2.24) is 9.97 Å². The van der Waals surface area contributed by atoms with Crippen molar-refractivity contribution in [3.05, 3.63) is 18.2 Å². The number of aromatic amines is 1. The molecule has 0 bridgehead atoms. The maximum absolute atomic E-state index is 10.3. The highest BCUT2D eigenvalue weighted by atomic mass is 16.4. The molecule has 3 atom stereocenters. The lowest BCUT2D eigenvalue weighted by atomic mass is 10.2. The molecular weight excluding hydrogens is 536 g/mol. The summed E-state index contributed by atoms with van der Waals surface area (Å²) in [6, 6.07) is -2.49. The molecule has 0 fully saturated rings. The minimum Gasteiger partial charge on any atom is -0.480 e. The number of aromatic nitrogens is 2. The van der Waals surface area contributed by atoms with Crippen molar-refractivity contribution in [3.8, 4) is 0 Å². The SMILES string of the molecule is NC(N)=NCCC[C@H](N)C(=O)O.NC(N)=NCCC[C@H](N)C(=O)O.NCC(=O)O.N[C@@H](Cc1cnc[nH]1)C(=O)O. The van der Waals surface area contributed by atoms with Gasteiger partial charge in [-0.1, -0.05) is 0 Å². The van der Waals surface area contributed by atoms with E-state index in [1.54, 1.807) is 6.20 Å². The highest BCUT2D eigenvalue weighted by Gasteiger charge is 2.12. The van der Waals surface area contributed by atoms with Gasteiger partial charge in [0, 0.05) is 31.4 Å². The first kappa shape index (κ1) is 40.0. The van der Waals surface area contributed by atoms with Gasteiger partial charge >= 0.3 is 23.9 Å². The minimum atomic E-state index is -1.00. The Morgan fingerprint density at radius 3 is 1.40 bits per heavy atom. The predicted molar refractivity (Wildman–Crippen MR) is 146 cm³/mol. The summed E-state index contributed by atoms with van der Waals surface area (Å²) in [5.74, 6) is -3.94. The van der Waals surface area contributed by atoms with Gasteiger partial charge in [-0.05, 0) is 25.7 Å². The van der Waals surface area contributed by atoms with Gasteiger partial charge in [0.15, 0.2) is 11.9 Å². The highest BCUT2D eigenvalue weighted by Crippen LogP contribution is 1.96. The van der Waals surface area contributed by atoms with Crippen LogP contribution in [0.15, 0.2) is 22.5 Å². The second-order valence-corrected chi connectivity index (χ2v) is 7.61. The van der Waals surface area contributed by atoms with Crippen molar-refractivity contribution in [2.45, 2.75) is 50.2 Å².